The fourth-order valence-electron chi connectivity index (χ4n) is 1.70. The van der Waals surface area contributed by atoms with Crippen LogP contribution in [0.15, 0.2) is 18.2 Å². The molecular formula is C11H10BN3O. The summed E-state index contributed by atoms with van der Waals surface area (Å²) in [6.45, 7) is 0. The number of benzene rings is 1. The number of carbonyl (C=O) groups excluding carboxylic acids is 1. The van der Waals surface area contributed by atoms with Crippen LogP contribution < -0.4 is 10.8 Å². The van der Waals surface area contributed by atoms with E-state index in [1.54, 1.807) is 12.1 Å². The predicted octanol–water partition coefficient (Wildman–Crippen LogP) is 0.705. The topological polar surface area (TPSA) is 57.8 Å². The van der Waals surface area contributed by atoms with Gasteiger partial charge in [-0.25, -0.2) is 0 Å². The van der Waals surface area contributed by atoms with Crippen LogP contribution in [0, 0.1) is 5.92 Å². The Morgan fingerprint density at radius 3 is 3.06 bits per heavy atom. The molecule has 1 fully saturated rings. The molecule has 1 aliphatic rings. The van der Waals surface area contributed by atoms with Crippen LogP contribution in [0.1, 0.15) is 12.8 Å². The van der Waals surface area contributed by atoms with Crippen LogP contribution >= 0.6 is 0 Å². The first-order valence-electron chi connectivity index (χ1n) is 5.28. The van der Waals surface area contributed by atoms with Crippen molar-refractivity contribution in [3.63, 3.8) is 0 Å². The van der Waals surface area contributed by atoms with Gasteiger partial charge in [-0.1, -0.05) is 11.5 Å². The summed E-state index contributed by atoms with van der Waals surface area (Å²) in [5.74, 6) is 0.831. The highest BCUT2D eigenvalue weighted by atomic mass is 16.2. The maximum Gasteiger partial charge on any atom is 0.228 e. The molecule has 0 unspecified atom stereocenters. The van der Waals surface area contributed by atoms with Crippen LogP contribution in [0.4, 0.5) is 5.82 Å². The van der Waals surface area contributed by atoms with Gasteiger partial charge in [-0.3, -0.25) is 9.89 Å². The van der Waals surface area contributed by atoms with Crippen LogP contribution in [0.3, 0.4) is 0 Å². The Morgan fingerprint density at radius 1 is 1.50 bits per heavy atom. The highest BCUT2D eigenvalue weighted by Crippen LogP contribution is 2.30. The second-order valence-electron chi connectivity index (χ2n) is 4.14. The van der Waals surface area contributed by atoms with Crippen molar-refractivity contribution in [2.45, 2.75) is 12.8 Å². The van der Waals surface area contributed by atoms with E-state index in [9.17, 15) is 4.79 Å². The number of rotatable bonds is 2. The minimum Gasteiger partial charge on any atom is -0.308 e. The Bertz CT molecular complexity index is 559. The molecule has 16 heavy (non-hydrogen) atoms. The van der Waals surface area contributed by atoms with Crippen molar-refractivity contribution >= 4 is 35.9 Å². The molecule has 2 N–H and O–H groups in total. The van der Waals surface area contributed by atoms with E-state index in [0.29, 0.717) is 11.3 Å². The third-order valence-corrected chi connectivity index (χ3v) is 2.78. The molecule has 5 heteroatoms. The van der Waals surface area contributed by atoms with Crippen molar-refractivity contribution in [2.75, 3.05) is 5.32 Å². The minimum absolute atomic E-state index is 0.0604. The number of nitrogens with zero attached hydrogens (tertiary/aromatic N) is 1. The number of anilines is 1. The summed E-state index contributed by atoms with van der Waals surface area (Å²) in [6.07, 6.45) is 1.97. The Hall–Kier alpha value is -1.78. The van der Waals surface area contributed by atoms with Crippen molar-refractivity contribution in [2.24, 2.45) is 5.92 Å². The van der Waals surface area contributed by atoms with Gasteiger partial charge in [0.2, 0.25) is 5.91 Å². The van der Waals surface area contributed by atoms with Gasteiger partial charge >= 0.3 is 0 Å². The third kappa shape index (κ3) is 1.58. The smallest absolute Gasteiger partial charge is 0.228 e. The Morgan fingerprint density at radius 2 is 2.31 bits per heavy atom. The number of hydrogen-bond acceptors (Lipinski definition) is 2. The predicted molar refractivity (Wildman–Crippen MR) is 62.8 cm³/mol. The maximum atomic E-state index is 11.6. The standard InChI is InChI=1S/C11H10BN3O/c12-7-3-4-8-9(5-7)14-15-10(8)13-11(16)6-1-2-6/h3-6H,1-2H2,(H2,13,14,15,16). The van der Waals surface area contributed by atoms with E-state index in [-0.39, 0.29) is 11.8 Å². The summed E-state index contributed by atoms with van der Waals surface area (Å²) in [6, 6.07) is 5.45. The normalized spacial score (nSPS) is 15.2. The Kier molecular flexibility index (Phi) is 1.99. The van der Waals surface area contributed by atoms with Crippen LogP contribution in [-0.4, -0.2) is 24.0 Å². The zero-order valence-corrected chi connectivity index (χ0v) is 8.66. The van der Waals surface area contributed by atoms with E-state index in [2.05, 4.69) is 15.5 Å². The molecule has 0 aliphatic heterocycles. The van der Waals surface area contributed by atoms with Crippen molar-refractivity contribution in [1.29, 1.82) is 0 Å². The van der Waals surface area contributed by atoms with Crippen LogP contribution in [0.25, 0.3) is 10.9 Å². The molecule has 1 aromatic carbocycles. The van der Waals surface area contributed by atoms with Gasteiger partial charge in [0.15, 0.2) is 5.82 Å². The first-order chi connectivity index (χ1) is 7.74. The second kappa shape index (κ2) is 3.37. The largest absolute Gasteiger partial charge is 0.308 e. The number of amides is 1. The Balaban J connectivity index is 1.94. The number of carbonyl (C=O) groups is 1. The van der Waals surface area contributed by atoms with Gasteiger partial charge in [-0.15, -0.1) is 0 Å². The lowest BCUT2D eigenvalue weighted by atomic mass is 9.95. The molecule has 2 aromatic rings. The van der Waals surface area contributed by atoms with Gasteiger partial charge in [0, 0.05) is 11.3 Å². The molecule has 1 heterocycles. The molecular weight excluding hydrogens is 201 g/mol. The molecule has 0 saturated heterocycles. The lowest BCUT2D eigenvalue weighted by Crippen LogP contribution is -2.13. The molecule has 1 aromatic heterocycles. The maximum absolute atomic E-state index is 11.6. The molecule has 0 atom stereocenters. The third-order valence-electron chi connectivity index (χ3n) is 2.78. The molecule has 0 spiro atoms. The van der Waals surface area contributed by atoms with Crippen LogP contribution in [-0.2, 0) is 4.79 Å². The highest BCUT2D eigenvalue weighted by Gasteiger charge is 2.30. The zero-order chi connectivity index (χ0) is 11.1. The summed E-state index contributed by atoms with van der Waals surface area (Å²) in [5.41, 5.74) is 1.52. The summed E-state index contributed by atoms with van der Waals surface area (Å²) in [5, 5.41) is 10.6. The SMILES string of the molecule is [B]c1ccc2c(NC(=O)C3CC3)n[nH]c2c1. The van der Waals surface area contributed by atoms with E-state index < -0.39 is 0 Å². The molecule has 3 rings (SSSR count). The molecule has 1 amide bonds. The van der Waals surface area contributed by atoms with Crippen LogP contribution in [0.2, 0.25) is 0 Å². The fourth-order valence-corrected chi connectivity index (χ4v) is 1.70. The van der Waals surface area contributed by atoms with Gasteiger partial charge in [-0.2, -0.15) is 5.10 Å². The monoisotopic (exact) mass is 211 g/mol. The molecule has 1 saturated carbocycles. The average Bonchev–Trinajstić information content (AvgIpc) is 3.03. The highest BCUT2D eigenvalue weighted by molar-refractivity contribution is 6.33. The number of fused-ring (bicyclic) bond motifs is 1. The van der Waals surface area contributed by atoms with Gasteiger partial charge in [0.05, 0.1) is 5.52 Å². The summed E-state index contributed by atoms with van der Waals surface area (Å²) >= 11 is 0. The van der Waals surface area contributed by atoms with E-state index in [1.807, 2.05) is 6.07 Å². The Labute approximate surface area is 93.8 Å². The van der Waals surface area contributed by atoms with E-state index in [4.69, 9.17) is 7.85 Å². The zero-order valence-electron chi connectivity index (χ0n) is 8.66. The van der Waals surface area contributed by atoms with Crippen molar-refractivity contribution in [3.05, 3.63) is 18.2 Å². The molecule has 78 valence electrons. The molecule has 0 bridgehead atoms. The number of hydrogen-bond donors (Lipinski definition) is 2. The fraction of sp³-hybridized carbons (Fsp3) is 0.273. The number of aromatic nitrogens is 2. The quantitative estimate of drug-likeness (QED) is 0.718. The molecule has 2 radical (unpaired) electrons. The number of aromatic amines is 1. The second-order valence-corrected chi connectivity index (χ2v) is 4.14. The lowest BCUT2D eigenvalue weighted by molar-refractivity contribution is -0.117. The van der Waals surface area contributed by atoms with Crippen molar-refractivity contribution < 1.29 is 4.79 Å². The molecule has 4 nitrogen and oxygen atoms in total. The van der Waals surface area contributed by atoms with Gasteiger partial charge in [-0.05, 0) is 25.0 Å². The average molecular weight is 211 g/mol. The van der Waals surface area contributed by atoms with Gasteiger partial charge in [0.1, 0.15) is 7.85 Å². The molecule has 1 aliphatic carbocycles. The first-order valence-corrected chi connectivity index (χ1v) is 5.28. The summed E-state index contributed by atoms with van der Waals surface area (Å²) < 4.78 is 0. The van der Waals surface area contributed by atoms with Crippen molar-refractivity contribution in [1.82, 2.24) is 10.2 Å². The van der Waals surface area contributed by atoms with E-state index >= 15 is 0 Å². The summed E-state index contributed by atoms with van der Waals surface area (Å²) in [4.78, 5) is 11.6. The van der Waals surface area contributed by atoms with Crippen molar-refractivity contribution in [3.8, 4) is 0 Å². The summed E-state index contributed by atoms with van der Waals surface area (Å²) in [7, 11) is 5.66. The van der Waals surface area contributed by atoms with E-state index in [0.717, 1.165) is 23.7 Å². The number of nitrogens with one attached hydrogen (secondary N) is 2. The number of H-pyrrole nitrogens is 1. The van der Waals surface area contributed by atoms with Crippen LogP contribution in [0.5, 0.6) is 0 Å². The van der Waals surface area contributed by atoms with Gasteiger partial charge < -0.3 is 5.32 Å². The van der Waals surface area contributed by atoms with Gasteiger partial charge in [0.25, 0.3) is 0 Å². The lowest BCUT2D eigenvalue weighted by Gasteiger charge is -2.00. The first kappa shape index (κ1) is 9.45. The minimum atomic E-state index is 0.0604. The van der Waals surface area contributed by atoms with E-state index in [1.165, 1.54) is 0 Å².